The van der Waals surface area contributed by atoms with E-state index in [1.165, 1.54) is 35.0 Å². The number of nitrogens with one attached hydrogen (secondary N) is 2. The zero-order chi connectivity index (χ0) is 22.0. The van der Waals surface area contributed by atoms with Gasteiger partial charge in [-0.25, -0.2) is 22.3 Å². The van der Waals surface area contributed by atoms with Crippen molar-refractivity contribution in [3.63, 3.8) is 0 Å². The fourth-order valence-electron chi connectivity index (χ4n) is 2.92. The SMILES string of the molecule is CS(=O)(=O)c1cccc(NC(=O)c2cnc3ccc(NCc4ccc(F)cc4)nn23)c1. The highest BCUT2D eigenvalue weighted by Gasteiger charge is 2.15. The Balaban J connectivity index is 1.54. The third-order valence-electron chi connectivity index (χ3n) is 4.50. The van der Waals surface area contributed by atoms with Crippen LogP contribution < -0.4 is 10.6 Å². The molecular weight excluding hydrogens is 421 g/mol. The van der Waals surface area contributed by atoms with E-state index in [9.17, 15) is 17.6 Å². The van der Waals surface area contributed by atoms with Crippen LogP contribution >= 0.6 is 0 Å². The van der Waals surface area contributed by atoms with E-state index in [2.05, 4.69) is 20.7 Å². The third kappa shape index (κ3) is 4.69. The second kappa shape index (κ2) is 8.15. The van der Waals surface area contributed by atoms with Gasteiger partial charge >= 0.3 is 0 Å². The average molecular weight is 439 g/mol. The Morgan fingerprint density at radius 3 is 2.61 bits per heavy atom. The lowest BCUT2D eigenvalue weighted by atomic mass is 10.2. The molecule has 2 N–H and O–H groups in total. The summed E-state index contributed by atoms with van der Waals surface area (Å²) in [6.45, 7) is 0.424. The topological polar surface area (TPSA) is 105 Å². The van der Waals surface area contributed by atoms with Crippen molar-refractivity contribution >= 4 is 32.9 Å². The monoisotopic (exact) mass is 439 g/mol. The summed E-state index contributed by atoms with van der Waals surface area (Å²) < 4.78 is 37.9. The molecule has 0 fully saturated rings. The first-order valence-corrected chi connectivity index (χ1v) is 11.1. The van der Waals surface area contributed by atoms with Gasteiger partial charge in [-0.15, -0.1) is 5.10 Å². The van der Waals surface area contributed by atoms with Gasteiger partial charge in [0, 0.05) is 18.5 Å². The highest BCUT2D eigenvalue weighted by atomic mass is 32.2. The molecule has 2 heterocycles. The van der Waals surface area contributed by atoms with E-state index in [1.807, 2.05) is 0 Å². The number of carbonyl (C=O) groups excluding carboxylic acids is 1. The number of sulfone groups is 1. The molecule has 0 saturated carbocycles. The number of anilines is 2. The first-order valence-electron chi connectivity index (χ1n) is 9.24. The van der Waals surface area contributed by atoms with E-state index >= 15 is 0 Å². The largest absolute Gasteiger partial charge is 0.365 e. The zero-order valence-corrected chi connectivity index (χ0v) is 17.2. The van der Waals surface area contributed by atoms with Crippen molar-refractivity contribution in [1.82, 2.24) is 14.6 Å². The predicted molar refractivity (Wildman–Crippen MR) is 114 cm³/mol. The number of amides is 1. The Kier molecular flexibility index (Phi) is 5.38. The maximum Gasteiger partial charge on any atom is 0.276 e. The van der Waals surface area contributed by atoms with Gasteiger partial charge in [0.1, 0.15) is 11.6 Å². The van der Waals surface area contributed by atoms with Crippen molar-refractivity contribution < 1.29 is 17.6 Å². The molecule has 0 unspecified atom stereocenters. The standard InChI is InChI=1S/C21H18FN5O3S/c1-31(29,30)17-4-2-3-16(11-17)25-21(28)18-13-24-20-10-9-19(26-27(18)20)23-12-14-5-7-15(22)8-6-14/h2-11,13H,12H2,1H3,(H,23,26)(H,25,28). The van der Waals surface area contributed by atoms with Crippen LogP contribution in [0.4, 0.5) is 15.9 Å². The molecule has 0 saturated heterocycles. The third-order valence-corrected chi connectivity index (χ3v) is 5.61. The maximum absolute atomic E-state index is 13.0. The number of carbonyl (C=O) groups is 1. The van der Waals surface area contributed by atoms with E-state index in [0.29, 0.717) is 23.7 Å². The highest BCUT2D eigenvalue weighted by Crippen LogP contribution is 2.17. The van der Waals surface area contributed by atoms with Crippen LogP contribution in [0.3, 0.4) is 0 Å². The van der Waals surface area contributed by atoms with Crippen molar-refractivity contribution in [3.05, 3.63) is 83.9 Å². The lowest BCUT2D eigenvalue weighted by Crippen LogP contribution is -2.16. The molecule has 1 amide bonds. The molecule has 0 radical (unpaired) electrons. The minimum Gasteiger partial charge on any atom is -0.365 e. The second-order valence-electron chi connectivity index (χ2n) is 6.87. The number of rotatable bonds is 6. The van der Waals surface area contributed by atoms with E-state index in [4.69, 9.17) is 0 Å². The Labute approximate surface area is 177 Å². The predicted octanol–water partition coefficient (Wildman–Crippen LogP) is 3.14. The van der Waals surface area contributed by atoms with Crippen LogP contribution in [0.15, 0.2) is 71.8 Å². The van der Waals surface area contributed by atoms with E-state index in [0.717, 1.165) is 11.8 Å². The first kappa shape index (κ1) is 20.5. The van der Waals surface area contributed by atoms with E-state index in [1.54, 1.807) is 36.4 Å². The van der Waals surface area contributed by atoms with Crippen LogP contribution in [0.5, 0.6) is 0 Å². The zero-order valence-electron chi connectivity index (χ0n) is 16.4. The van der Waals surface area contributed by atoms with Crippen LogP contribution in [0.1, 0.15) is 16.1 Å². The number of fused-ring (bicyclic) bond motifs is 1. The van der Waals surface area contributed by atoms with Gasteiger partial charge in [-0.2, -0.15) is 0 Å². The molecule has 0 spiro atoms. The lowest BCUT2D eigenvalue weighted by molar-refractivity contribution is 0.102. The molecule has 4 rings (SSSR count). The van der Waals surface area contributed by atoms with Gasteiger partial charge in [-0.1, -0.05) is 18.2 Å². The summed E-state index contributed by atoms with van der Waals surface area (Å²) in [5, 5.41) is 10.2. The summed E-state index contributed by atoms with van der Waals surface area (Å²) in [4.78, 5) is 17.0. The molecule has 10 heteroatoms. The Morgan fingerprint density at radius 1 is 1.10 bits per heavy atom. The van der Waals surface area contributed by atoms with Crippen molar-refractivity contribution in [2.24, 2.45) is 0 Å². The molecule has 0 atom stereocenters. The fraction of sp³-hybridized carbons (Fsp3) is 0.0952. The van der Waals surface area contributed by atoms with Crippen LogP contribution in [-0.4, -0.2) is 35.2 Å². The molecule has 8 nitrogen and oxygen atoms in total. The number of imidazole rings is 1. The minimum absolute atomic E-state index is 0.105. The summed E-state index contributed by atoms with van der Waals surface area (Å²) >= 11 is 0. The molecule has 0 aliphatic heterocycles. The van der Waals surface area contributed by atoms with Gasteiger partial charge in [-0.3, -0.25) is 4.79 Å². The number of nitrogens with zero attached hydrogens (tertiary/aromatic N) is 3. The van der Waals surface area contributed by atoms with Crippen LogP contribution in [0.25, 0.3) is 5.65 Å². The van der Waals surface area contributed by atoms with Crippen LogP contribution in [0.2, 0.25) is 0 Å². The number of hydrogen-bond donors (Lipinski definition) is 2. The van der Waals surface area contributed by atoms with Gasteiger partial charge in [0.15, 0.2) is 21.2 Å². The summed E-state index contributed by atoms with van der Waals surface area (Å²) in [5.41, 5.74) is 1.87. The van der Waals surface area contributed by atoms with Gasteiger partial charge in [0.05, 0.1) is 11.1 Å². The Bertz CT molecular complexity index is 1370. The van der Waals surface area contributed by atoms with Gasteiger partial charge in [0.2, 0.25) is 0 Å². The number of halogens is 1. The Hall–Kier alpha value is -3.79. The summed E-state index contributed by atoms with van der Waals surface area (Å²) in [5.74, 6) is -0.288. The van der Waals surface area contributed by atoms with Crippen molar-refractivity contribution in [1.29, 1.82) is 0 Å². The smallest absolute Gasteiger partial charge is 0.276 e. The van der Waals surface area contributed by atoms with E-state index in [-0.39, 0.29) is 16.4 Å². The highest BCUT2D eigenvalue weighted by molar-refractivity contribution is 7.90. The van der Waals surface area contributed by atoms with Crippen LogP contribution in [-0.2, 0) is 16.4 Å². The van der Waals surface area contributed by atoms with Crippen LogP contribution in [0, 0.1) is 5.82 Å². The quantitative estimate of drug-likeness (QED) is 0.478. The van der Waals surface area contributed by atoms with Crippen molar-refractivity contribution in [3.8, 4) is 0 Å². The molecule has 158 valence electrons. The van der Waals surface area contributed by atoms with Gasteiger partial charge in [-0.05, 0) is 48.0 Å². The Morgan fingerprint density at radius 2 is 1.87 bits per heavy atom. The summed E-state index contributed by atoms with van der Waals surface area (Å²) in [6.07, 6.45) is 2.49. The molecule has 31 heavy (non-hydrogen) atoms. The molecular formula is C21H18FN5O3S. The summed E-state index contributed by atoms with van der Waals surface area (Å²) in [6, 6.07) is 15.5. The summed E-state index contributed by atoms with van der Waals surface area (Å²) in [7, 11) is -3.40. The molecule has 2 aromatic heterocycles. The van der Waals surface area contributed by atoms with Crippen molar-refractivity contribution in [2.75, 3.05) is 16.9 Å². The lowest BCUT2D eigenvalue weighted by Gasteiger charge is -2.08. The number of benzene rings is 2. The molecule has 0 aliphatic carbocycles. The average Bonchev–Trinajstić information content (AvgIpc) is 3.16. The maximum atomic E-state index is 13.0. The van der Waals surface area contributed by atoms with E-state index < -0.39 is 15.7 Å². The fourth-order valence-corrected chi connectivity index (χ4v) is 3.58. The second-order valence-corrected chi connectivity index (χ2v) is 8.88. The normalized spacial score (nSPS) is 11.4. The van der Waals surface area contributed by atoms with Crippen molar-refractivity contribution in [2.45, 2.75) is 11.4 Å². The minimum atomic E-state index is -3.40. The number of aromatic nitrogens is 3. The molecule has 0 bridgehead atoms. The van der Waals surface area contributed by atoms with Gasteiger partial charge in [0.25, 0.3) is 5.91 Å². The molecule has 0 aliphatic rings. The van der Waals surface area contributed by atoms with Gasteiger partial charge < -0.3 is 10.6 Å². The molecule has 4 aromatic rings. The number of hydrogen-bond acceptors (Lipinski definition) is 6. The molecule has 2 aromatic carbocycles. The first-order chi connectivity index (χ1) is 14.8.